The number of benzene rings is 2. The molecule has 0 saturated carbocycles. The molecule has 0 amide bonds. The van der Waals surface area contributed by atoms with Gasteiger partial charge in [-0.3, -0.25) is 4.79 Å². The molecule has 0 bridgehead atoms. The van der Waals surface area contributed by atoms with Gasteiger partial charge in [0.05, 0.1) is 44.3 Å². The normalized spacial score (nSPS) is 34.3. The smallest absolute Gasteiger partial charge is 0.310 e. The van der Waals surface area contributed by atoms with E-state index in [1.807, 2.05) is 23.6 Å². The monoisotopic (exact) mass is 656 g/mol. The zero-order valence-electron chi connectivity index (χ0n) is 24.8. The number of rotatable bonds is 6. The number of aromatic hydroxyl groups is 1. The summed E-state index contributed by atoms with van der Waals surface area (Å²) in [6.45, 7) is 0.171. The number of cyclic esters (lactones) is 1. The van der Waals surface area contributed by atoms with E-state index < -0.39 is 66.8 Å². The van der Waals surface area contributed by atoms with E-state index in [2.05, 4.69) is 0 Å². The minimum Gasteiger partial charge on any atom is -0.502 e. The first kappa shape index (κ1) is 29.8. The molecule has 5 aliphatic rings. The van der Waals surface area contributed by atoms with Crippen molar-refractivity contribution < 1.29 is 62.7 Å². The van der Waals surface area contributed by atoms with Crippen LogP contribution in [0.1, 0.15) is 39.9 Å². The van der Waals surface area contributed by atoms with Crippen LogP contribution in [0.15, 0.2) is 41.8 Å². The summed E-state index contributed by atoms with van der Waals surface area (Å²) in [4.78, 5) is 14.3. The molecule has 244 valence electrons. The summed E-state index contributed by atoms with van der Waals surface area (Å²) < 4.78 is 52.6. The molecule has 46 heavy (non-hydrogen) atoms. The zero-order chi connectivity index (χ0) is 31.7. The second-order valence-electron chi connectivity index (χ2n) is 11.8. The predicted molar refractivity (Wildman–Crippen MR) is 156 cm³/mol. The van der Waals surface area contributed by atoms with Crippen LogP contribution in [0, 0.1) is 11.8 Å². The molecule has 8 rings (SSSR count). The molecular formula is C32H32O13S. The quantitative estimate of drug-likeness (QED) is 0.333. The molecular weight excluding hydrogens is 624 g/mol. The molecule has 4 aliphatic heterocycles. The van der Waals surface area contributed by atoms with Crippen LogP contribution >= 0.6 is 11.3 Å². The van der Waals surface area contributed by atoms with Gasteiger partial charge < -0.3 is 58.0 Å². The highest BCUT2D eigenvalue weighted by Crippen LogP contribution is 2.57. The number of thiophene rings is 1. The Morgan fingerprint density at radius 2 is 1.65 bits per heavy atom. The van der Waals surface area contributed by atoms with Crippen LogP contribution in [-0.4, -0.2) is 86.2 Å². The third-order valence-corrected chi connectivity index (χ3v) is 10.3. The van der Waals surface area contributed by atoms with Gasteiger partial charge in [-0.25, -0.2) is 0 Å². The molecule has 0 spiro atoms. The Labute approximate surface area is 267 Å². The highest BCUT2D eigenvalue weighted by molar-refractivity contribution is 7.10. The van der Waals surface area contributed by atoms with Crippen LogP contribution in [0.3, 0.4) is 0 Å². The lowest BCUT2D eigenvalue weighted by Gasteiger charge is -2.48. The predicted octanol–water partition coefficient (Wildman–Crippen LogP) is 2.75. The number of phenols is 1. The van der Waals surface area contributed by atoms with Crippen LogP contribution in [-0.2, 0) is 28.5 Å². The molecule has 5 heterocycles. The van der Waals surface area contributed by atoms with Gasteiger partial charge in [0, 0.05) is 11.8 Å². The largest absolute Gasteiger partial charge is 0.502 e. The minimum absolute atomic E-state index is 0.0242. The highest BCUT2D eigenvalue weighted by atomic mass is 32.1. The van der Waals surface area contributed by atoms with Gasteiger partial charge in [0.25, 0.3) is 0 Å². The molecule has 3 N–H and O–H groups in total. The Morgan fingerprint density at radius 1 is 0.913 bits per heavy atom. The lowest BCUT2D eigenvalue weighted by molar-refractivity contribution is -0.368. The maximum atomic E-state index is 13.5. The summed E-state index contributed by atoms with van der Waals surface area (Å²) >= 11 is 1.46. The number of esters is 1. The third-order valence-electron chi connectivity index (χ3n) is 9.37. The standard InChI is InChI=1S/C32H32O13S/c1-37-19-6-13(7-20(38-2)25(19)33)23-14-8-17-18(42-12-41-17)9-15(14)28(16-10-39-30(36)24(16)23)44-32-27(35)26(34)29-21(43-32)11-40-31(45-29)22-4-3-5-46-22/h3-9,16,21,23-24,26-29,31-35H,10-12H2,1-2H3/t16-,21+,23+,24-,26+,27+,28+,29+,31-,32+/m0/s1. The highest BCUT2D eigenvalue weighted by Gasteiger charge is 2.56. The van der Waals surface area contributed by atoms with Crippen LogP contribution in [0.4, 0.5) is 0 Å². The summed E-state index contributed by atoms with van der Waals surface area (Å²) in [7, 11) is 2.86. The van der Waals surface area contributed by atoms with E-state index >= 15 is 0 Å². The molecule has 13 nitrogen and oxygen atoms in total. The Kier molecular flexibility index (Phi) is 7.48. The molecule has 14 heteroatoms. The summed E-state index contributed by atoms with van der Waals surface area (Å²) in [5.74, 6) is -1.08. The second-order valence-corrected chi connectivity index (χ2v) is 12.7. The van der Waals surface area contributed by atoms with Gasteiger partial charge in [-0.05, 0) is 52.4 Å². The number of hydrogen-bond acceptors (Lipinski definition) is 14. The van der Waals surface area contributed by atoms with Gasteiger partial charge in [0.1, 0.15) is 24.4 Å². The Morgan fingerprint density at radius 3 is 2.35 bits per heavy atom. The summed E-state index contributed by atoms with van der Waals surface area (Å²) in [5.41, 5.74) is 2.00. The van der Waals surface area contributed by atoms with Crippen LogP contribution in [0.25, 0.3) is 0 Å². The maximum absolute atomic E-state index is 13.5. The summed E-state index contributed by atoms with van der Waals surface area (Å²) in [6.07, 6.45) is -7.16. The van der Waals surface area contributed by atoms with Crippen molar-refractivity contribution in [2.45, 2.75) is 49.0 Å². The second kappa shape index (κ2) is 11.6. The minimum atomic E-state index is -1.47. The fourth-order valence-corrected chi connectivity index (χ4v) is 7.89. The number of fused-ring (bicyclic) bond motifs is 4. The van der Waals surface area contributed by atoms with Crippen LogP contribution in [0.2, 0.25) is 0 Å². The van der Waals surface area contributed by atoms with Gasteiger partial charge >= 0.3 is 5.97 Å². The number of carbonyl (C=O) groups is 1. The first-order chi connectivity index (χ1) is 22.4. The SMILES string of the molecule is COc1cc([C@@H]2c3cc4c(cc3[C@@H](O[C@H]3O[C@@H]5CO[C@H](c6cccs6)O[C@H]5[C@H](O)[C@H]3O)[C@H]3COC(=O)[C@H]23)OCO4)cc(OC)c1O. The number of phenolic OH excluding ortho intramolecular Hbond substituents is 1. The molecule has 2 aromatic carbocycles. The number of methoxy groups -OCH3 is 2. The lowest BCUT2D eigenvalue weighted by atomic mass is 9.66. The molecule has 1 aromatic heterocycles. The van der Waals surface area contributed by atoms with E-state index in [9.17, 15) is 20.1 Å². The van der Waals surface area contributed by atoms with E-state index in [0.717, 1.165) is 4.88 Å². The molecule has 10 atom stereocenters. The number of carbonyl (C=O) groups excluding carboxylic acids is 1. The van der Waals surface area contributed by atoms with Crippen molar-refractivity contribution in [2.75, 3.05) is 34.2 Å². The van der Waals surface area contributed by atoms with E-state index in [0.29, 0.717) is 28.2 Å². The number of hydrogen-bond donors (Lipinski definition) is 3. The first-order valence-electron chi connectivity index (χ1n) is 14.9. The van der Waals surface area contributed by atoms with Crippen molar-refractivity contribution >= 4 is 17.3 Å². The van der Waals surface area contributed by atoms with Crippen molar-refractivity contribution in [1.29, 1.82) is 0 Å². The van der Waals surface area contributed by atoms with Crippen molar-refractivity contribution in [3.05, 3.63) is 63.3 Å². The van der Waals surface area contributed by atoms with E-state index in [1.165, 1.54) is 25.6 Å². The van der Waals surface area contributed by atoms with Gasteiger partial charge in [0.15, 0.2) is 35.6 Å². The van der Waals surface area contributed by atoms with E-state index in [4.69, 9.17) is 42.6 Å². The average Bonchev–Trinajstić information content (AvgIpc) is 3.85. The van der Waals surface area contributed by atoms with Crippen molar-refractivity contribution in [1.82, 2.24) is 0 Å². The Hall–Kier alpha value is -3.63. The molecule has 3 saturated heterocycles. The molecule has 0 radical (unpaired) electrons. The summed E-state index contributed by atoms with van der Waals surface area (Å²) in [6, 6.07) is 10.7. The Bertz CT molecular complexity index is 1600. The number of ether oxygens (including phenoxy) is 9. The zero-order valence-corrected chi connectivity index (χ0v) is 25.6. The first-order valence-corrected chi connectivity index (χ1v) is 15.8. The van der Waals surface area contributed by atoms with Gasteiger partial charge in [0.2, 0.25) is 12.5 Å². The Balaban J connectivity index is 1.16. The van der Waals surface area contributed by atoms with Crippen molar-refractivity contribution in [3.8, 4) is 28.7 Å². The van der Waals surface area contributed by atoms with Crippen LogP contribution < -0.4 is 18.9 Å². The van der Waals surface area contributed by atoms with Crippen molar-refractivity contribution in [2.24, 2.45) is 11.8 Å². The molecule has 1 aliphatic carbocycles. The number of aliphatic hydroxyl groups is 2. The van der Waals surface area contributed by atoms with Gasteiger partial charge in [-0.1, -0.05) is 6.07 Å². The van der Waals surface area contributed by atoms with E-state index in [-0.39, 0.29) is 37.3 Å². The molecule has 3 aromatic rings. The average molecular weight is 657 g/mol. The molecule has 3 fully saturated rings. The van der Waals surface area contributed by atoms with Crippen LogP contribution in [0.5, 0.6) is 28.7 Å². The maximum Gasteiger partial charge on any atom is 0.310 e. The molecule has 0 unspecified atom stereocenters. The van der Waals surface area contributed by atoms with Gasteiger partial charge in [-0.2, -0.15) is 0 Å². The van der Waals surface area contributed by atoms with Crippen molar-refractivity contribution in [3.63, 3.8) is 0 Å². The third kappa shape index (κ3) is 4.70. The fourth-order valence-electron chi connectivity index (χ4n) is 7.18. The fraction of sp³-hybridized carbons (Fsp3) is 0.469. The van der Waals surface area contributed by atoms with Gasteiger partial charge in [-0.15, -0.1) is 11.3 Å². The summed E-state index contributed by atoms with van der Waals surface area (Å²) in [5, 5.41) is 35.0. The number of aliphatic hydroxyl groups excluding tert-OH is 2. The van der Waals surface area contributed by atoms with E-state index in [1.54, 1.807) is 18.2 Å². The lowest BCUT2D eigenvalue weighted by Crippen LogP contribution is -2.62. The topological polar surface area (TPSA) is 161 Å².